The normalized spacial score (nSPS) is 12.2. The topological polar surface area (TPSA) is 49.4 Å². The fourth-order valence-corrected chi connectivity index (χ4v) is 4.53. The maximum absolute atomic E-state index is 13.8. The molecule has 0 aliphatic heterocycles. The van der Waals surface area contributed by atoms with Crippen LogP contribution in [0.15, 0.2) is 72.8 Å². The molecule has 1 unspecified atom stereocenters. The van der Waals surface area contributed by atoms with Crippen LogP contribution >= 0.6 is 23.2 Å². The van der Waals surface area contributed by atoms with Gasteiger partial charge in [0.25, 0.3) is 0 Å². The van der Waals surface area contributed by atoms with E-state index in [1.54, 1.807) is 23.1 Å². The Kier molecular flexibility index (Phi) is 9.58. The van der Waals surface area contributed by atoms with Crippen molar-refractivity contribution in [2.24, 2.45) is 0 Å². The summed E-state index contributed by atoms with van der Waals surface area (Å²) in [5.74, 6) is -0.338. The van der Waals surface area contributed by atoms with Crippen LogP contribution in [-0.2, 0) is 29.0 Å². The highest BCUT2D eigenvalue weighted by Crippen LogP contribution is 2.28. The lowest BCUT2D eigenvalue weighted by Crippen LogP contribution is -2.54. The lowest BCUT2D eigenvalue weighted by molar-refractivity contribution is -0.141. The van der Waals surface area contributed by atoms with Crippen molar-refractivity contribution < 1.29 is 9.59 Å². The van der Waals surface area contributed by atoms with Gasteiger partial charge in [0.15, 0.2) is 0 Å². The number of rotatable bonds is 9. The molecule has 0 bridgehead atoms. The molecule has 0 aliphatic rings. The summed E-state index contributed by atoms with van der Waals surface area (Å²) in [5, 5.41) is 4.00. The van der Waals surface area contributed by atoms with Gasteiger partial charge in [-0.15, -0.1) is 0 Å². The standard InChI is InChI=1S/C30H34Cl2N2O2/c1-21-13-15-22(16-14-21)17-18-28(35)34(20-24-25(31)11-8-12-26(24)32)27(29(36)33-30(2,3)4)19-23-9-6-5-7-10-23/h5-16,27H,17-20H2,1-4H3,(H,33,36). The fourth-order valence-electron chi connectivity index (χ4n) is 4.01. The van der Waals surface area contributed by atoms with Crippen LogP contribution in [0.2, 0.25) is 10.0 Å². The van der Waals surface area contributed by atoms with Crippen molar-refractivity contribution >= 4 is 35.0 Å². The minimum Gasteiger partial charge on any atom is -0.350 e. The first kappa shape index (κ1) is 27.8. The number of benzene rings is 3. The molecular formula is C30H34Cl2N2O2. The third-order valence-electron chi connectivity index (χ3n) is 5.91. The summed E-state index contributed by atoms with van der Waals surface area (Å²) in [5.41, 5.74) is 3.38. The van der Waals surface area contributed by atoms with E-state index in [0.29, 0.717) is 28.5 Å². The maximum Gasteiger partial charge on any atom is 0.243 e. The minimum atomic E-state index is -0.732. The average molecular weight is 526 g/mol. The quantitative estimate of drug-likeness (QED) is 0.335. The van der Waals surface area contributed by atoms with E-state index in [1.165, 1.54) is 5.56 Å². The monoisotopic (exact) mass is 524 g/mol. The molecule has 6 heteroatoms. The summed E-state index contributed by atoms with van der Waals surface area (Å²) in [6.45, 7) is 7.96. The lowest BCUT2D eigenvalue weighted by Gasteiger charge is -2.34. The van der Waals surface area contributed by atoms with Gasteiger partial charge in [0, 0.05) is 40.5 Å². The second-order valence-electron chi connectivity index (χ2n) is 10.2. The molecule has 1 atom stereocenters. The van der Waals surface area contributed by atoms with Crippen molar-refractivity contribution in [1.29, 1.82) is 0 Å². The first-order valence-electron chi connectivity index (χ1n) is 12.2. The van der Waals surface area contributed by atoms with Gasteiger partial charge >= 0.3 is 0 Å². The molecule has 3 rings (SSSR count). The SMILES string of the molecule is Cc1ccc(CCC(=O)N(Cc2c(Cl)cccc2Cl)C(Cc2ccccc2)C(=O)NC(C)(C)C)cc1. The fraction of sp³-hybridized carbons (Fsp3) is 0.333. The van der Waals surface area contributed by atoms with Gasteiger partial charge < -0.3 is 10.2 Å². The third-order valence-corrected chi connectivity index (χ3v) is 6.62. The van der Waals surface area contributed by atoms with Crippen molar-refractivity contribution in [2.45, 2.75) is 65.1 Å². The Morgan fingerprint density at radius 2 is 1.47 bits per heavy atom. The molecule has 3 aromatic carbocycles. The molecule has 0 saturated heterocycles. The Labute approximate surface area is 224 Å². The molecule has 190 valence electrons. The summed E-state index contributed by atoms with van der Waals surface area (Å²) in [6, 6.07) is 22.4. The van der Waals surface area contributed by atoms with Crippen LogP contribution in [0.5, 0.6) is 0 Å². The molecule has 0 aliphatic carbocycles. The molecule has 0 aromatic heterocycles. The number of carbonyl (C=O) groups is 2. The number of amides is 2. The molecular weight excluding hydrogens is 491 g/mol. The highest BCUT2D eigenvalue weighted by molar-refractivity contribution is 6.36. The van der Waals surface area contributed by atoms with E-state index >= 15 is 0 Å². The number of halogens is 2. The molecule has 2 amide bonds. The number of hydrogen-bond acceptors (Lipinski definition) is 2. The Hall–Kier alpha value is -2.82. The summed E-state index contributed by atoms with van der Waals surface area (Å²) >= 11 is 13.0. The third kappa shape index (κ3) is 8.11. The molecule has 0 saturated carbocycles. The molecule has 4 nitrogen and oxygen atoms in total. The van der Waals surface area contributed by atoms with Crippen LogP contribution in [-0.4, -0.2) is 28.3 Å². The minimum absolute atomic E-state index is 0.128. The van der Waals surface area contributed by atoms with Gasteiger partial charge in [0.1, 0.15) is 6.04 Å². The van der Waals surface area contributed by atoms with Crippen LogP contribution < -0.4 is 5.32 Å². The molecule has 3 aromatic rings. The van der Waals surface area contributed by atoms with Crippen LogP contribution in [0.4, 0.5) is 0 Å². The highest BCUT2D eigenvalue weighted by atomic mass is 35.5. The summed E-state index contributed by atoms with van der Waals surface area (Å²) in [4.78, 5) is 29.0. The molecule has 0 fully saturated rings. The Bertz CT molecular complexity index is 1150. The van der Waals surface area contributed by atoms with Crippen molar-refractivity contribution in [3.05, 3.63) is 105 Å². The molecule has 1 N–H and O–H groups in total. The zero-order valence-corrected chi connectivity index (χ0v) is 22.9. The summed E-state index contributed by atoms with van der Waals surface area (Å²) in [7, 11) is 0. The summed E-state index contributed by atoms with van der Waals surface area (Å²) < 4.78 is 0. The van der Waals surface area contributed by atoms with Gasteiger partial charge in [-0.1, -0.05) is 89.4 Å². The second kappa shape index (κ2) is 12.4. The van der Waals surface area contributed by atoms with Crippen LogP contribution in [0.3, 0.4) is 0 Å². The zero-order chi connectivity index (χ0) is 26.3. The van der Waals surface area contributed by atoms with Crippen molar-refractivity contribution in [1.82, 2.24) is 10.2 Å². The van der Waals surface area contributed by atoms with Gasteiger partial charge in [-0.2, -0.15) is 0 Å². The van der Waals surface area contributed by atoms with E-state index in [4.69, 9.17) is 23.2 Å². The van der Waals surface area contributed by atoms with Gasteiger partial charge in [-0.05, 0) is 57.4 Å². The Morgan fingerprint density at radius 3 is 2.06 bits per heavy atom. The van der Waals surface area contributed by atoms with Crippen molar-refractivity contribution in [2.75, 3.05) is 0 Å². The predicted molar refractivity (Wildman–Crippen MR) is 148 cm³/mol. The predicted octanol–water partition coefficient (Wildman–Crippen LogP) is 6.79. The van der Waals surface area contributed by atoms with Gasteiger partial charge in [0.05, 0.1) is 0 Å². The van der Waals surface area contributed by atoms with Crippen LogP contribution in [0, 0.1) is 6.92 Å². The van der Waals surface area contributed by atoms with Gasteiger partial charge in [0.2, 0.25) is 11.8 Å². The van der Waals surface area contributed by atoms with E-state index in [1.807, 2.05) is 82.3 Å². The largest absolute Gasteiger partial charge is 0.350 e. The first-order valence-corrected chi connectivity index (χ1v) is 12.9. The molecule has 0 heterocycles. The smallest absolute Gasteiger partial charge is 0.243 e. The van der Waals surface area contributed by atoms with E-state index in [-0.39, 0.29) is 24.8 Å². The van der Waals surface area contributed by atoms with Crippen molar-refractivity contribution in [3.8, 4) is 0 Å². The Morgan fingerprint density at radius 1 is 0.861 bits per heavy atom. The highest BCUT2D eigenvalue weighted by Gasteiger charge is 2.32. The maximum atomic E-state index is 13.8. The zero-order valence-electron chi connectivity index (χ0n) is 21.4. The number of nitrogens with one attached hydrogen (secondary N) is 1. The van der Waals surface area contributed by atoms with Crippen LogP contribution in [0.1, 0.15) is 49.4 Å². The molecule has 0 radical (unpaired) electrons. The first-order chi connectivity index (χ1) is 17.0. The van der Waals surface area contributed by atoms with E-state index in [0.717, 1.165) is 11.1 Å². The van der Waals surface area contributed by atoms with Gasteiger partial charge in [-0.25, -0.2) is 0 Å². The number of aryl methyl sites for hydroxylation is 2. The number of carbonyl (C=O) groups excluding carboxylic acids is 2. The average Bonchev–Trinajstić information content (AvgIpc) is 2.82. The number of hydrogen-bond donors (Lipinski definition) is 1. The molecule has 36 heavy (non-hydrogen) atoms. The molecule has 0 spiro atoms. The van der Waals surface area contributed by atoms with Crippen molar-refractivity contribution in [3.63, 3.8) is 0 Å². The van der Waals surface area contributed by atoms with E-state index < -0.39 is 11.6 Å². The van der Waals surface area contributed by atoms with E-state index in [2.05, 4.69) is 5.32 Å². The summed E-state index contributed by atoms with van der Waals surface area (Å²) in [6.07, 6.45) is 1.21. The Balaban J connectivity index is 1.97. The second-order valence-corrected chi connectivity index (χ2v) is 11.0. The number of nitrogens with zero attached hydrogens (tertiary/aromatic N) is 1. The van der Waals surface area contributed by atoms with Gasteiger partial charge in [-0.3, -0.25) is 9.59 Å². The lowest BCUT2D eigenvalue weighted by atomic mass is 9.99. The van der Waals surface area contributed by atoms with E-state index in [9.17, 15) is 9.59 Å². The van der Waals surface area contributed by atoms with Crippen LogP contribution in [0.25, 0.3) is 0 Å².